The first-order valence-corrected chi connectivity index (χ1v) is 9.21. The number of nitrogen functional groups attached to an aromatic ring is 1. The molecule has 0 unspecified atom stereocenters. The molecular weight excluding hydrogens is 412 g/mol. The number of fused-ring (bicyclic) bond motifs is 1. The monoisotopic (exact) mass is 431 g/mol. The van der Waals surface area contributed by atoms with E-state index in [9.17, 15) is 18.4 Å². The van der Waals surface area contributed by atoms with Gasteiger partial charge in [0.1, 0.15) is 17.5 Å². The van der Waals surface area contributed by atoms with Crippen molar-refractivity contribution in [1.29, 1.82) is 0 Å². The van der Waals surface area contributed by atoms with Crippen LogP contribution < -0.4 is 10.6 Å². The number of aliphatic carboxylic acids is 2. The van der Waals surface area contributed by atoms with Gasteiger partial charge in [0.25, 0.3) is 0 Å². The normalized spacial score (nSPS) is 15.8. The Kier molecular flexibility index (Phi) is 6.43. The van der Waals surface area contributed by atoms with Gasteiger partial charge in [-0.15, -0.1) is 0 Å². The van der Waals surface area contributed by atoms with Crippen molar-refractivity contribution >= 4 is 29.1 Å². The second-order valence-electron chi connectivity index (χ2n) is 6.68. The number of carbonyl (C=O) groups is 2. The van der Waals surface area contributed by atoms with E-state index in [0.29, 0.717) is 34.9 Å². The Morgan fingerprint density at radius 3 is 2.55 bits per heavy atom. The molecule has 0 spiro atoms. The standard InChI is InChI=1S/C16H15F2N5.C4H4O4/c17-10-3-4-12(18)11(8-10)14-2-1-6-22(14)15-5-7-23-16(21-15)13(19)9-20-23;5-3(6)1-2-4(7)8/h3-5,7-9,14H,1-2,6,19H2;1-2H,(H,5,6)(H,7,8)/b;2-1+/t14-;/m1./s1. The second kappa shape index (κ2) is 9.20. The smallest absolute Gasteiger partial charge is 0.328 e. The van der Waals surface area contributed by atoms with E-state index in [0.717, 1.165) is 25.5 Å². The van der Waals surface area contributed by atoms with E-state index in [2.05, 4.69) is 10.1 Å². The average molecular weight is 431 g/mol. The number of nitrogens with zero attached hydrogens (tertiary/aromatic N) is 4. The number of hydrogen-bond acceptors (Lipinski definition) is 6. The van der Waals surface area contributed by atoms with Crippen molar-refractivity contribution in [2.24, 2.45) is 0 Å². The molecule has 2 aromatic heterocycles. The van der Waals surface area contributed by atoms with Gasteiger partial charge in [-0.05, 0) is 37.1 Å². The van der Waals surface area contributed by atoms with Crippen LogP contribution in [0.3, 0.4) is 0 Å². The van der Waals surface area contributed by atoms with E-state index in [1.165, 1.54) is 12.1 Å². The van der Waals surface area contributed by atoms with Crippen molar-refractivity contribution in [3.63, 3.8) is 0 Å². The fourth-order valence-corrected chi connectivity index (χ4v) is 3.31. The molecule has 0 saturated carbocycles. The maximum absolute atomic E-state index is 14.1. The minimum absolute atomic E-state index is 0.232. The molecule has 162 valence electrons. The molecule has 3 heterocycles. The molecular formula is C20H19F2N5O4. The van der Waals surface area contributed by atoms with Gasteiger partial charge in [0.15, 0.2) is 5.65 Å². The summed E-state index contributed by atoms with van der Waals surface area (Å²) in [6, 6.07) is 5.16. The van der Waals surface area contributed by atoms with Crippen LogP contribution in [0.1, 0.15) is 24.4 Å². The minimum atomic E-state index is -1.26. The third kappa shape index (κ3) is 5.13. The molecule has 1 fully saturated rings. The van der Waals surface area contributed by atoms with Crippen LogP contribution in [-0.4, -0.2) is 43.3 Å². The first-order chi connectivity index (χ1) is 14.8. The molecule has 9 nitrogen and oxygen atoms in total. The summed E-state index contributed by atoms with van der Waals surface area (Å²) < 4.78 is 29.2. The Morgan fingerprint density at radius 1 is 1.16 bits per heavy atom. The third-order valence-electron chi connectivity index (χ3n) is 4.61. The molecule has 0 bridgehead atoms. The molecule has 3 aromatic rings. The number of aromatic nitrogens is 3. The molecule has 0 radical (unpaired) electrons. The first-order valence-electron chi connectivity index (χ1n) is 9.21. The summed E-state index contributed by atoms with van der Waals surface area (Å²) in [4.78, 5) is 25.6. The van der Waals surface area contributed by atoms with Crippen molar-refractivity contribution < 1.29 is 28.6 Å². The predicted molar refractivity (Wildman–Crippen MR) is 107 cm³/mol. The van der Waals surface area contributed by atoms with Crippen LogP contribution in [0.25, 0.3) is 5.65 Å². The summed E-state index contributed by atoms with van der Waals surface area (Å²) in [5, 5.41) is 19.7. The minimum Gasteiger partial charge on any atom is -0.478 e. The summed E-state index contributed by atoms with van der Waals surface area (Å²) in [7, 11) is 0. The lowest BCUT2D eigenvalue weighted by atomic mass is 10.0. The molecule has 11 heteroatoms. The van der Waals surface area contributed by atoms with Crippen LogP contribution in [0.5, 0.6) is 0 Å². The number of nitrogens with two attached hydrogens (primary N) is 1. The summed E-state index contributed by atoms with van der Waals surface area (Å²) in [6.07, 6.45) is 6.07. The Hall–Kier alpha value is -4.02. The van der Waals surface area contributed by atoms with Gasteiger partial charge in [-0.1, -0.05) is 0 Å². The van der Waals surface area contributed by atoms with E-state index in [1.54, 1.807) is 16.9 Å². The molecule has 1 saturated heterocycles. The van der Waals surface area contributed by atoms with Crippen molar-refractivity contribution in [3.8, 4) is 0 Å². The lowest BCUT2D eigenvalue weighted by Gasteiger charge is -2.26. The zero-order chi connectivity index (χ0) is 22.5. The molecule has 1 aromatic carbocycles. The highest BCUT2D eigenvalue weighted by Crippen LogP contribution is 2.36. The number of rotatable bonds is 4. The summed E-state index contributed by atoms with van der Waals surface area (Å²) in [5.41, 5.74) is 7.27. The third-order valence-corrected chi connectivity index (χ3v) is 4.61. The summed E-state index contributed by atoms with van der Waals surface area (Å²) in [5.74, 6) is -2.65. The summed E-state index contributed by atoms with van der Waals surface area (Å²) >= 11 is 0. The molecule has 4 N–H and O–H groups in total. The average Bonchev–Trinajstić information content (AvgIpc) is 3.36. The predicted octanol–water partition coefficient (Wildman–Crippen LogP) is 2.64. The molecule has 1 atom stereocenters. The van der Waals surface area contributed by atoms with Crippen molar-refractivity contribution in [1.82, 2.24) is 14.6 Å². The number of hydrogen-bond donors (Lipinski definition) is 3. The largest absolute Gasteiger partial charge is 0.478 e. The van der Waals surface area contributed by atoms with E-state index in [4.69, 9.17) is 15.9 Å². The van der Waals surface area contributed by atoms with Crippen molar-refractivity contribution in [2.75, 3.05) is 17.2 Å². The second-order valence-corrected chi connectivity index (χ2v) is 6.68. The van der Waals surface area contributed by atoms with Gasteiger partial charge in [0, 0.05) is 30.5 Å². The van der Waals surface area contributed by atoms with E-state index in [-0.39, 0.29) is 6.04 Å². The van der Waals surface area contributed by atoms with Gasteiger partial charge in [-0.25, -0.2) is 27.9 Å². The fraction of sp³-hybridized carbons (Fsp3) is 0.200. The molecule has 4 rings (SSSR count). The molecule has 0 amide bonds. The lowest BCUT2D eigenvalue weighted by molar-refractivity contribution is -0.134. The highest BCUT2D eigenvalue weighted by molar-refractivity contribution is 5.89. The first kappa shape index (κ1) is 21.7. The lowest BCUT2D eigenvalue weighted by Crippen LogP contribution is -2.24. The molecule has 1 aliphatic heterocycles. The van der Waals surface area contributed by atoms with Crippen LogP contribution >= 0.6 is 0 Å². The number of anilines is 2. The number of carboxylic acid groups (broad SMARTS) is 2. The highest BCUT2D eigenvalue weighted by Gasteiger charge is 2.29. The Bertz CT molecular complexity index is 1130. The van der Waals surface area contributed by atoms with Gasteiger partial charge in [0.2, 0.25) is 0 Å². The number of benzene rings is 1. The van der Waals surface area contributed by atoms with Crippen molar-refractivity contribution in [3.05, 3.63) is 66.0 Å². The Labute approximate surface area is 175 Å². The van der Waals surface area contributed by atoms with E-state index >= 15 is 0 Å². The Balaban J connectivity index is 0.000000293. The van der Waals surface area contributed by atoms with Gasteiger partial charge in [-0.2, -0.15) is 5.10 Å². The van der Waals surface area contributed by atoms with Gasteiger partial charge < -0.3 is 20.8 Å². The maximum atomic E-state index is 14.1. The van der Waals surface area contributed by atoms with Gasteiger partial charge in [-0.3, -0.25) is 0 Å². The van der Waals surface area contributed by atoms with Crippen LogP contribution in [0, 0.1) is 11.6 Å². The topological polar surface area (TPSA) is 134 Å². The summed E-state index contributed by atoms with van der Waals surface area (Å²) in [6.45, 7) is 0.734. The SMILES string of the molecule is Nc1cnn2ccc(N3CCC[C@@H]3c3cc(F)ccc3F)nc12.O=C(O)/C=C/C(=O)O. The molecule has 1 aliphatic rings. The van der Waals surface area contributed by atoms with Crippen LogP contribution in [0.2, 0.25) is 0 Å². The molecule has 31 heavy (non-hydrogen) atoms. The van der Waals surface area contributed by atoms with E-state index in [1.807, 2.05) is 11.0 Å². The van der Waals surface area contributed by atoms with Crippen molar-refractivity contribution in [2.45, 2.75) is 18.9 Å². The fourth-order valence-electron chi connectivity index (χ4n) is 3.31. The zero-order valence-electron chi connectivity index (χ0n) is 16.2. The molecule has 0 aliphatic carbocycles. The van der Waals surface area contributed by atoms with Crippen LogP contribution in [-0.2, 0) is 9.59 Å². The van der Waals surface area contributed by atoms with Gasteiger partial charge in [0.05, 0.1) is 17.9 Å². The van der Waals surface area contributed by atoms with Crippen LogP contribution in [0.15, 0.2) is 48.8 Å². The Morgan fingerprint density at radius 2 is 1.87 bits per heavy atom. The maximum Gasteiger partial charge on any atom is 0.328 e. The van der Waals surface area contributed by atoms with E-state index < -0.39 is 23.6 Å². The zero-order valence-corrected chi connectivity index (χ0v) is 16.2. The number of carboxylic acids is 2. The quantitative estimate of drug-likeness (QED) is 0.537. The van der Waals surface area contributed by atoms with Crippen LogP contribution in [0.4, 0.5) is 20.3 Å². The number of halogens is 2. The van der Waals surface area contributed by atoms with Gasteiger partial charge >= 0.3 is 11.9 Å². The highest BCUT2D eigenvalue weighted by atomic mass is 19.1.